The van der Waals surface area contributed by atoms with E-state index >= 15 is 0 Å². The zero-order chi connectivity index (χ0) is 10.1. The van der Waals surface area contributed by atoms with Gasteiger partial charge in [0.25, 0.3) is 0 Å². The number of ether oxygens (including phenoxy) is 2. The lowest BCUT2D eigenvalue weighted by Gasteiger charge is -2.06. The molecule has 0 radical (unpaired) electrons. The first-order valence-corrected chi connectivity index (χ1v) is 6.13. The van der Waals surface area contributed by atoms with Gasteiger partial charge in [-0.2, -0.15) is 0 Å². The SMILES string of the molecule is CCCCCCCCCC1COCO1. The minimum absolute atomic E-state index is 0.394. The zero-order valence-electron chi connectivity index (χ0n) is 9.46. The molecule has 0 bridgehead atoms. The Bertz CT molecular complexity index is 119. The second kappa shape index (κ2) is 8.25. The first-order chi connectivity index (χ1) is 6.93. The number of rotatable bonds is 8. The van der Waals surface area contributed by atoms with Crippen LogP contribution in [0.4, 0.5) is 0 Å². The Morgan fingerprint density at radius 3 is 2.36 bits per heavy atom. The van der Waals surface area contributed by atoms with Crippen molar-refractivity contribution in [3.8, 4) is 0 Å². The molecule has 0 saturated carbocycles. The Morgan fingerprint density at radius 1 is 1.00 bits per heavy atom. The van der Waals surface area contributed by atoms with E-state index in [1.54, 1.807) is 0 Å². The van der Waals surface area contributed by atoms with Gasteiger partial charge in [-0.15, -0.1) is 0 Å². The first kappa shape index (κ1) is 12.0. The van der Waals surface area contributed by atoms with Gasteiger partial charge in [-0.1, -0.05) is 51.9 Å². The Kier molecular flexibility index (Phi) is 7.06. The van der Waals surface area contributed by atoms with Crippen LogP contribution in [0.15, 0.2) is 0 Å². The van der Waals surface area contributed by atoms with Gasteiger partial charge in [0.2, 0.25) is 0 Å². The maximum Gasteiger partial charge on any atom is 0.147 e. The Balaban J connectivity index is 1.75. The molecule has 1 saturated heterocycles. The molecule has 1 fully saturated rings. The fraction of sp³-hybridized carbons (Fsp3) is 1.00. The summed E-state index contributed by atoms with van der Waals surface area (Å²) in [5.41, 5.74) is 0. The predicted molar refractivity (Wildman–Crippen MR) is 58.3 cm³/mol. The molecule has 1 rings (SSSR count). The number of hydrogen-bond acceptors (Lipinski definition) is 2. The number of unbranched alkanes of at least 4 members (excludes halogenated alkanes) is 6. The number of hydrogen-bond donors (Lipinski definition) is 0. The van der Waals surface area contributed by atoms with Crippen LogP contribution in [0.1, 0.15) is 58.3 Å². The molecular weight excluding hydrogens is 176 g/mol. The molecule has 14 heavy (non-hydrogen) atoms. The highest BCUT2D eigenvalue weighted by Gasteiger charge is 2.14. The van der Waals surface area contributed by atoms with Crippen LogP contribution in [-0.4, -0.2) is 19.5 Å². The van der Waals surface area contributed by atoms with Crippen molar-refractivity contribution in [2.45, 2.75) is 64.4 Å². The highest BCUT2D eigenvalue weighted by molar-refractivity contribution is 4.60. The van der Waals surface area contributed by atoms with Crippen LogP contribution in [0.2, 0.25) is 0 Å². The topological polar surface area (TPSA) is 18.5 Å². The second-order valence-electron chi connectivity index (χ2n) is 4.19. The monoisotopic (exact) mass is 200 g/mol. The van der Waals surface area contributed by atoms with E-state index in [4.69, 9.17) is 9.47 Å². The average molecular weight is 200 g/mol. The maximum absolute atomic E-state index is 5.38. The lowest BCUT2D eigenvalue weighted by atomic mass is 10.1. The van der Waals surface area contributed by atoms with Gasteiger partial charge in [-0.05, 0) is 6.42 Å². The molecule has 1 aliphatic rings. The van der Waals surface area contributed by atoms with Gasteiger partial charge in [-0.25, -0.2) is 0 Å². The molecule has 2 heteroatoms. The fourth-order valence-corrected chi connectivity index (χ4v) is 1.87. The van der Waals surface area contributed by atoms with E-state index in [1.807, 2.05) is 0 Å². The Labute approximate surface area is 88.0 Å². The van der Waals surface area contributed by atoms with E-state index < -0.39 is 0 Å². The van der Waals surface area contributed by atoms with Gasteiger partial charge >= 0.3 is 0 Å². The zero-order valence-corrected chi connectivity index (χ0v) is 9.46. The summed E-state index contributed by atoms with van der Waals surface area (Å²) >= 11 is 0. The molecule has 0 amide bonds. The highest BCUT2D eigenvalue weighted by atomic mass is 16.7. The van der Waals surface area contributed by atoms with Crippen molar-refractivity contribution in [3.63, 3.8) is 0 Å². The third-order valence-electron chi connectivity index (χ3n) is 2.82. The van der Waals surface area contributed by atoms with Crippen LogP contribution in [0.3, 0.4) is 0 Å². The van der Waals surface area contributed by atoms with Crippen LogP contribution < -0.4 is 0 Å². The molecule has 0 spiro atoms. The smallest absolute Gasteiger partial charge is 0.147 e. The predicted octanol–water partition coefficient (Wildman–Crippen LogP) is 3.50. The standard InChI is InChI=1S/C12H24O2/c1-2-3-4-5-6-7-8-9-12-10-13-11-14-12/h12H,2-11H2,1H3. The lowest BCUT2D eigenvalue weighted by Crippen LogP contribution is -2.08. The normalized spacial score (nSPS) is 21.6. The van der Waals surface area contributed by atoms with Crippen LogP contribution in [-0.2, 0) is 9.47 Å². The summed E-state index contributed by atoms with van der Waals surface area (Å²) < 4.78 is 10.5. The molecular formula is C12H24O2. The average Bonchev–Trinajstić information content (AvgIpc) is 2.69. The fourth-order valence-electron chi connectivity index (χ4n) is 1.87. The Morgan fingerprint density at radius 2 is 1.71 bits per heavy atom. The third kappa shape index (κ3) is 5.61. The molecule has 1 aliphatic heterocycles. The third-order valence-corrected chi connectivity index (χ3v) is 2.82. The molecule has 0 aromatic carbocycles. The van der Waals surface area contributed by atoms with Crippen molar-refractivity contribution in [3.05, 3.63) is 0 Å². The highest BCUT2D eigenvalue weighted by Crippen LogP contribution is 2.13. The van der Waals surface area contributed by atoms with Crippen LogP contribution in [0, 0.1) is 0 Å². The molecule has 0 aromatic heterocycles. The summed E-state index contributed by atoms with van der Waals surface area (Å²) in [6.07, 6.45) is 11.2. The van der Waals surface area contributed by atoms with Gasteiger partial charge in [0.1, 0.15) is 6.79 Å². The van der Waals surface area contributed by atoms with Gasteiger partial charge in [-0.3, -0.25) is 0 Å². The van der Waals surface area contributed by atoms with Crippen molar-refractivity contribution in [1.82, 2.24) is 0 Å². The van der Waals surface area contributed by atoms with Crippen molar-refractivity contribution in [1.29, 1.82) is 0 Å². The van der Waals surface area contributed by atoms with Crippen LogP contribution in [0.5, 0.6) is 0 Å². The minimum Gasteiger partial charge on any atom is -0.353 e. The van der Waals surface area contributed by atoms with E-state index in [1.165, 1.54) is 51.4 Å². The second-order valence-corrected chi connectivity index (χ2v) is 4.19. The summed E-state index contributed by atoms with van der Waals surface area (Å²) in [6, 6.07) is 0. The minimum atomic E-state index is 0.394. The van der Waals surface area contributed by atoms with E-state index in [9.17, 15) is 0 Å². The molecule has 0 aliphatic carbocycles. The summed E-state index contributed by atoms with van der Waals surface area (Å²) in [5, 5.41) is 0. The van der Waals surface area contributed by atoms with Gasteiger partial charge in [0.05, 0.1) is 12.7 Å². The van der Waals surface area contributed by atoms with E-state index in [-0.39, 0.29) is 0 Å². The molecule has 1 atom stereocenters. The molecule has 0 N–H and O–H groups in total. The maximum atomic E-state index is 5.38. The molecule has 2 nitrogen and oxygen atoms in total. The molecule has 1 heterocycles. The summed E-state index contributed by atoms with van der Waals surface area (Å²) in [7, 11) is 0. The van der Waals surface area contributed by atoms with Crippen molar-refractivity contribution >= 4 is 0 Å². The molecule has 0 aromatic rings. The van der Waals surface area contributed by atoms with Crippen molar-refractivity contribution in [2.24, 2.45) is 0 Å². The van der Waals surface area contributed by atoms with Crippen LogP contribution in [0.25, 0.3) is 0 Å². The van der Waals surface area contributed by atoms with E-state index in [2.05, 4.69) is 6.92 Å². The summed E-state index contributed by atoms with van der Waals surface area (Å²) in [4.78, 5) is 0. The summed E-state index contributed by atoms with van der Waals surface area (Å²) in [6.45, 7) is 3.59. The first-order valence-electron chi connectivity index (χ1n) is 6.13. The van der Waals surface area contributed by atoms with Crippen LogP contribution >= 0.6 is 0 Å². The molecule has 1 unspecified atom stereocenters. The van der Waals surface area contributed by atoms with E-state index in [0.29, 0.717) is 12.9 Å². The van der Waals surface area contributed by atoms with Crippen molar-refractivity contribution in [2.75, 3.05) is 13.4 Å². The van der Waals surface area contributed by atoms with Gasteiger partial charge < -0.3 is 9.47 Å². The summed E-state index contributed by atoms with van der Waals surface area (Å²) in [5.74, 6) is 0. The largest absolute Gasteiger partial charge is 0.353 e. The van der Waals surface area contributed by atoms with Gasteiger partial charge in [0.15, 0.2) is 0 Å². The lowest BCUT2D eigenvalue weighted by molar-refractivity contribution is 0.0440. The van der Waals surface area contributed by atoms with E-state index in [0.717, 1.165) is 6.61 Å². The van der Waals surface area contributed by atoms with Crippen molar-refractivity contribution < 1.29 is 9.47 Å². The van der Waals surface area contributed by atoms with Gasteiger partial charge in [0, 0.05) is 0 Å². The quantitative estimate of drug-likeness (QED) is 0.558. The molecule has 84 valence electrons. The Hall–Kier alpha value is -0.0800.